The summed E-state index contributed by atoms with van der Waals surface area (Å²) in [5.74, 6) is 0. The highest BCUT2D eigenvalue weighted by molar-refractivity contribution is 4.78. The van der Waals surface area contributed by atoms with Crippen LogP contribution in [0.15, 0.2) is 0 Å². The van der Waals surface area contributed by atoms with Gasteiger partial charge in [0.1, 0.15) is 0 Å². The van der Waals surface area contributed by atoms with Gasteiger partial charge < -0.3 is 10.6 Å². The van der Waals surface area contributed by atoms with E-state index in [0.29, 0.717) is 0 Å². The molecule has 0 aromatic rings. The fraction of sp³-hybridized carbons (Fsp3) is 1.00. The molecule has 0 aliphatic carbocycles. The Morgan fingerprint density at radius 3 is 2.30 bits per heavy atom. The first kappa shape index (κ1) is 9.92. The van der Waals surface area contributed by atoms with Gasteiger partial charge >= 0.3 is 0 Å². The van der Waals surface area contributed by atoms with Crippen molar-refractivity contribution in [2.24, 2.45) is 0 Å². The lowest BCUT2D eigenvalue weighted by atomic mass is 10.1. The first-order chi connectivity index (χ1) is 4.62. The molecule has 0 heterocycles. The van der Waals surface area contributed by atoms with Crippen LogP contribution >= 0.6 is 0 Å². The van der Waals surface area contributed by atoms with Gasteiger partial charge in [0.15, 0.2) is 0 Å². The first-order valence-electron chi connectivity index (χ1n) is 4.02. The molecule has 0 aliphatic rings. The standard InChI is InChI=1S/C8H20N2/c1-5-6-10-8(2,3)7-9-4/h9-10H,5-7H2,1-4H3. The summed E-state index contributed by atoms with van der Waals surface area (Å²) in [6.45, 7) is 8.72. The van der Waals surface area contributed by atoms with Crippen LogP contribution in [0.4, 0.5) is 0 Å². The van der Waals surface area contributed by atoms with Crippen LogP contribution in [0.5, 0.6) is 0 Å². The van der Waals surface area contributed by atoms with Crippen LogP contribution < -0.4 is 10.6 Å². The summed E-state index contributed by atoms with van der Waals surface area (Å²) in [5.41, 5.74) is 0.241. The van der Waals surface area contributed by atoms with Gasteiger partial charge in [-0.1, -0.05) is 6.92 Å². The average molecular weight is 144 g/mol. The van der Waals surface area contributed by atoms with Crippen LogP contribution in [0, 0.1) is 0 Å². The van der Waals surface area contributed by atoms with E-state index in [1.165, 1.54) is 6.42 Å². The zero-order valence-electron chi connectivity index (χ0n) is 7.62. The van der Waals surface area contributed by atoms with Crippen LogP contribution in [0.2, 0.25) is 0 Å². The third-order valence-corrected chi connectivity index (χ3v) is 1.47. The Labute approximate surface area is 64.4 Å². The van der Waals surface area contributed by atoms with Crippen molar-refractivity contribution in [2.45, 2.75) is 32.7 Å². The van der Waals surface area contributed by atoms with Crippen molar-refractivity contribution in [3.63, 3.8) is 0 Å². The highest BCUT2D eigenvalue weighted by atomic mass is 15.0. The molecule has 0 rings (SSSR count). The number of hydrogen-bond acceptors (Lipinski definition) is 2. The molecule has 0 bridgehead atoms. The Morgan fingerprint density at radius 1 is 1.30 bits per heavy atom. The Bertz CT molecular complexity index is 79.3. The smallest absolute Gasteiger partial charge is 0.0249 e. The molecule has 0 atom stereocenters. The normalized spacial score (nSPS) is 12.0. The second kappa shape index (κ2) is 4.69. The number of nitrogens with one attached hydrogen (secondary N) is 2. The average Bonchev–Trinajstić information content (AvgIpc) is 1.84. The molecule has 0 unspecified atom stereocenters. The summed E-state index contributed by atoms with van der Waals surface area (Å²) in [6.07, 6.45) is 1.20. The minimum absolute atomic E-state index is 0.241. The van der Waals surface area contributed by atoms with E-state index in [9.17, 15) is 0 Å². The van der Waals surface area contributed by atoms with Gasteiger partial charge in [0.2, 0.25) is 0 Å². The molecule has 0 aromatic carbocycles. The van der Waals surface area contributed by atoms with E-state index < -0.39 is 0 Å². The van der Waals surface area contributed by atoms with Crippen LogP contribution in [0.3, 0.4) is 0 Å². The van der Waals surface area contributed by atoms with Gasteiger partial charge in [0, 0.05) is 12.1 Å². The Morgan fingerprint density at radius 2 is 1.90 bits per heavy atom. The minimum Gasteiger partial charge on any atom is -0.318 e. The van der Waals surface area contributed by atoms with Crippen molar-refractivity contribution in [2.75, 3.05) is 20.1 Å². The summed E-state index contributed by atoms with van der Waals surface area (Å²) in [4.78, 5) is 0. The van der Waals surface area contributed by atoms with Gasteiger partial charge in [-0.25, -0.2) is 0 Å². The maximum atomic E-state index is 3.45. The van der Waals surface area contributed by atoms with E-state index in [4.69, 9.17) is 0 Å². The molecule has 0 spiro atoms. The lowest BCUT2D eigenvalue weighted by molar-refractivity contribution is 0.377. The predicted octanol–water partition coefficient (Wildman–Crippen LogP) is 0.984. The highest BCUT2D eigenvalue weighted by Gasteiger charge is 2.13. The highest BCUT2D eigenvalue weighted by Crippen LogP contribution is 1.98. The molecule has 0 saturated heterocycles. The zero-order chi connectivity index (χ0) is 8.04. The van der Waals surface area contributed by atoms with Crippen molar-refractivity contribution >= 4 is 0 Å². The molecular weight excluding hydrogens is 124 g/mol. The second-order valence-electron chi connectivity index (χ2n) is 3.34. The van der Waals surface area contributed by atoms with E-state index >= 15 is 0 Å². The van der Waals surface area contributed by atoms with E-state index in [-0.39, 0.29) is 5.54 Å². The zero-order valence-corrected chi connectivity index (χ0v) is 7.62. The molecule has 0 amide bonds. The molecule has 0 radical (unpaired) electrons. The molecule has 0 aromatic heterocycles. The topological polar surface area (TPSA) is 24.1 Å². The number of rotatable bonds is 5. The van der Waals surface area contributed by atoms with Crippen molar-refractivity contribution in [3.8, 4) is 0 Å². The molecule has 0 fully saturated rings. The quantitative estimate of drug-likeness (QED) is 0.601. The SMILES string of the molecule is CCCNC(C)(C)CNC. The molecule has 62 valence electrons. The molecule has 2 nitrogen and oxygen atoms in total. The predicted molar refractivity (Wildman–Crippen MR) is 46.3 cm³/mol. The maximum Gasteiger partial charge on any atom is 0.0249 e. The van der Waals surface area contributed by atoms with Gasteiger partial charge in [-0.3, -0.25) is 0 Å². The van der Waals surface area contributed by atoms with Crippen molar-refractivity contribution in [3.05, 3.63) is 0 Å². The Balaban J connectivity index is 3.42. The van der Waals surface area contributed by atoms with Gasteiger partial charge in [-0.2, -0.15) is 0 Å². The van der Waals surface area contributed by atoms with Gasteiger partial charge in [-0.15, -0.1) is 0 Å². The minimum atomic E-state index is 0.241. The summed E-state index contributed by atoms with van der Waals surface area (Å²) < 4.78 is 0. The lowest BCUT2D eigenvalue weighted by Crippen LogP contribution is -2.47. The van der Waals surface area contributed by atoms with Crippen LogP contribution in [0.25, 0.3) is 0 Å². The fourth-order valence-electron chi connectivity index (χ4n) is 0.968. The maximum absolute atomic E-state index is 3.45. The fourth-order valence-corrected chi connectivity index (χ4v) is 0.968. The summed E-state index contributed by atoms with van der Waals surface area (Å²) in [6, 6.07) is 0. The van der Waals surface area contributed by atoms with Gasteiger partial charge in [0.25, 0.3) is 0 Å². The van der Waals surface area contributed by atoms with Gasteiger partial charge in [0.05, 0.1) is 0 Å². The largest absolute Gasteiger partial charge is 0.318 e. The Hall–Kier alpha value is -0.0800. The first-order valence-corrected chi connectivity index (χ1v) is 4.02. The molecule has 2 heteroatoms. The third-order valence-electron chi connectivity index (χ3n) is 1.47. The van der Waals surface area contributed by atoms with Crippen LogP contribution in [-0.2, 0) is 0 Å². The molecule has 2 N–H and O–H groups in total. The van der Waals surface area contributed by atoms with E-state index in [2.05, 4.69) is 31.4 Å². The summed E-state index contributed by atoms with van der Waals surface area (Å²) in [7, 11) is 1.98. The monoisotopic (exact) mass is 144 g/mol. The van der Waals surface area contributed by atoms with Crippen molar-refractivity contribution < 1.29 is 0 Å². The molecule has 0 saturated carbocycles. The number of hydrogen-bond donors (Lipinski definition) is 2. The third kappa shape index (κ3) is 4.77. The molecular formula is C8H20N2. The second-order valence-corrected chi connectivity index (χ2v) is 3.34. The van der Waals surface area contributed by atoms with E-state index in [0.717, 1.165) is 13.1 Å². The van der Waals surface area contributed by atoms with Crippen LogP contribution in [-0.4, -0.2) is 25.7 Å². The van der Waals surface area contributed by atoms with Crippen LogP contribution in [0.1, 0.15) is 27.2 Å². The van der Waals surface area contributed by atoms with E-state index in [1.54, 1.807) is 0 Å². The lowest BCUT2D eigenvalue weighted by Gasteiger charge is -2.25. The summed E-state index contributed by atoms with van der Waals surface area (Å²) >= 11 is 0. The Kier molecular flexibility index (Phi) is 4.65. The van der Waals surface area contributed by atoms with Crippen molar-refractivity contribution in [1.29, 1.82) is 0 Å². The van der Waals surface area contributed by atoms with Crippen molar-refractivity contribution in [1.82, 2.24) is 10.6 Å². The molecule has 0 aliphatic heterocycles. The van der Waals surface area contributed by atoms with Gasteiger partial charge in [-0.05, 0) is 33.9 Å². The number of likely N-dealkylation sites (N-methyl/N-ethyl adjacent to an activating group) is 1. The molecule has 10 heavy (non-hydrogen) atoms. The van der Waals surface area contributed by atoms with E-state index in [1.807, 2.05) is 7.05 Å². The summed E-state index contributed by atoms with van der Waals surface area (Å²) in [5, 5.41) is 6.60.